The van der Waals surface area contributed by atoms with E-state index in [0.717, 1.165) is 11.4 Å². The van der Waals surface area contributed by atoms with Crippen molar-refractivity contribution >= 4 is 0 Å². The monoisotopic (exact) mass is 276 g/mol. The van der Waals surface area contributed by atoms with E-state index >= 15 is 0 Å². The molecule has 0 amide bonds. The van der Waals surface area contributed by atoms with Crippen molar-refractivity contribution in [3.05, 3.63) is 88.5 Å². The van der Waals surface area contributed by atoms with E-state index in [1.165, 1.54) is 22.3 Å². The highest BCUT2D eigenvalue weighted by Gasteiger charge is 2.23. The van der Waals surface area contributed by atoms with E-state index in [1.807, 2.05) is 0 Å². The lowest BCUT2D eigenvalue weighted by molar-refractivity contribution is 0.899. The summed E-state index contributed by atoms with van der Waals surface area (Å²) in [6.45, 7) is 6.43. The van der Waals surface area contributed by atoms with Crippen LogP contribution in [0.15, 0.2) is 54.9 Å². The molecule has 0 unspecified atom stereocenters. The summed E-state index contributed by atoms with van der Waals surface area (Å²) in [5, 5.41) is 0. The van der Waals surface area contributed by atoms with Crippen LogP contribution < -0.4 is 0 Å². The lowest BCUT2D eigenvalue weighted by atomic mass is 9.83. The zero-order chi connectivity index (χ0) is 14.8. The minimum atomic E-state index is 0.179. The standard InChI is InChI=1S/C19H20N2/c1-13-8-4-6-10-16(13)18(19-15(3)20-12-21-19)17-11-7-5-9-14(17)2/h4-12,18H,1-3H3,(H,20,21). The Morgan fingerprint density at radius 2 is 1.33 bits per heavy atom. The quantitative estimate of drug-likeness (QED) is 0.749. The highest BCUT2D eigenvalue weighted by molar-refractivity contribution is 5.47. The van der Waals surface area contributed by atoms with Crippen LogP contribution in [0.4, 0.5) is 0 Å². The Morgan fingerprint density at radius 3 is 1.76 bits per heavy atom. The van der Waals surface area contributed by atoms with Crippen LogP contribution in [-0.4, -0.2) is 9.97 Å². The maximum Gasteiger partial charge on any atom is 0.0925 e. The molecule has 0 radical (unpaired) electrons. The van der Waals surface area contributed by atoms with Gasteiger partial charge in [0.25, 0.3) is 0 Å². The first-order valence-corrected chi connectivity index (χ1v) is 7.29. The topological polar surface area (TPSA) is 28.7 Å². The second-order valence-electron chi connectivity index (χ2n) is 5.56. The van der Waals surface area contributed by atoms with Crippen molar-refractivity contribution < 1.29 is 0 Å². The van der Waals surface area contributed by atoms with Crippen LogP contribution in [0.2, 0.25) is 0 Å². The van der Waals surface area contributed by atoms with Crippen LogP contribution >= 0.6 is 0 Å². The number of nitrogens with one attached hydrogen (secondary N) is 1. The summed E-state index contributed by atoms with van der Waals surface area (Å²) in [7, 11) is 0. The van der Waals surface area contributed by atoms with Gasteiger partial charge in [-0.1, -0.05) is 48.5 Å². The fourth-order valence-corrected chi connectivity index (χ4v) is 2.94. The fourth-order valence-electron chi connectivity index (χ4n) is 2.94. The molecule has 3 rings (SSSR count). The van der Waals surface area contributed by atoms with Gasteiger partial charge in [-0.25, -0.2) is 4.98 Å². The number of hydrogen-bond acceptors (Lipinski definition) is 1. The van der Waals surface area contributed by atoms with Crippen LogP contribution in [0.5, 0.6) is 0 Å². The molecule has 0 fully saturated rings. The van der Waals surface area contributed by atoms with Gasteiger partial charge in [0.15, 0.2) is 0 Å². The number of aromatic nitrogens is 2. The van der Waals surface area contributed by atoms with E-state index in [-0.39, 0.29) is 5.92 Å². The van der Waals surface area contributed by atoms with Crippen molar-refractivity contribution in [2.24, 2.45) is 0 Å². The van der Waals surface area contributed by atoms with Gasteiger partial charge >= 0.3 is 0 Å². The molecule has 0 aliphatic heterocycles. The van der Waals surface area contributed by atoms with Crippen LogP contribution in [0.25, 0.3) is 0 Å². The lowest BCUT2D eigenvalue weighted by Crippen LogP contribution is -2.08. The zero-order valence-corrected chi connectivity index (χ0v) is 12.7. The van der Waals surface area contributed by atoms with Crippen molar-refractivity contribution in [1.82, 2.24) is 9.97 Å². The zero-order valence-electron chi connectivity index (χ0n) is 12.7. The van der Waals surface area contributed by atoms with Crippen LogP contribution in [0.3, 0.4) is 0 Å². The predicted octanol–water partition coefficient (Wildman–Crippen LogP) is 4.52. The number of aromatic amines is 1. The Labute approximate surface area is 125 Å². The Balaban J connectivity index is 2.24. The van der Waals surface area contributed by atoms with Gasteiger partial charge in [0.2, 0.25) is 0 Å². The first kappa shape index (κ1) is 13.6. The first-order valence-electron chi connectivity index (χ1n) is 7.29. The normalized spacial score (nSPS) is 11.0. The fraction of sp³-hybridized carbons (Fsp3) is 0.211. The van der Waals surface area contributed by atoms with Gasteiger partial charge in [0.1, 0.15) is 0 Å². The maximum atomic E-state index is 4.60. The molecule has 0 saturated carbocycles. The highest BCUT2D eigenvalue weighted by Crippen LogP contribution is 2.35. The van der Waals surface area contributed by atoms with Crippen LogP contribution in [-0.2, 0) is 0 Å². The van der Waals surface area contributed by atoms with Gasteiger partial charge in [-0.15, -0.1) is 0 Å². The largest absolute Gasteiger partial charge is 0.348 e. The first-order chi connectivity index (χ1) is 10.2. The average Bonchev–Trinajstić information content (AvgIpc) is 2.89. The number of benzene rings is 2. The number of rotatable bonds is 3. The average molecular weight is 276 g/mol. The molecule has 0 bridgehead atoms. The Kier molecular flexibility index (Phi) is 3.61. The van der Waals surface area contributed by atoms with Crippen molar-refractivity contribution in [3.63, 3.8) is 0 Å². The summed E-state index contributed by atoms with van der Waals surface area (Å²) < 4.78 is 0. The predicted molar refractivity (Wildman–Crippen MR) is 86.6 cm³/mol. The molecule has 21 heavy (non-hydrogen) atoms. The molecule has 0 spiro atoms. The smallest absolute Gasteiger partial charge is 0.0925 e. The summed E-state index contributed by atoms with van der Waals surface area (Å²) in [6, 6.07) is 17.1. The number of hydrogen-bond donors (Lipinski definition) is 1. The third-order valence-corrected chi connectivity index (χ3v) is 4.14. The molecular formula is C19H20N2. The molecule has 106 valence electrons. The molecule has 2 aromatic carbocycles. The second-order valence-corrected chi connectivity index (χ2v) is 5.56. The second kappa shape index (κ2) is 5.57. The summed E-state index contributed by atoms with van der Waals surface area (Å²) >= 11 is 0. The molecule has 0 aliphatic carbocycles. The molecule has 1 heterocycles. The van der Waals surface area contributed by atoms with Gasteiger partial charge in [-0.05, 0) is 43.0 Å². The Hall–Kier alpha value is -2.35. The lowest BCUT2D eigenvalue weighted by Gasteiger charge is -2.21. The number of nitrogens with zero attached hydrogens (tertiary/aromatic N) is 1. The molecule has 0 saturated heterocycles. The van der Waals surface area contributed by atoms with Crippen LogP contribution in [0.1, 0.15) is 39.6 Å². The van der Waals surface area contributed by atoms with Gasteiger partial charge in [-0.2, -0.15) is 0 Å². The molecule has 2 heteroatoms. The number of aryl methyl sites for hydroxylation is 3. The minimum Gasteiger partial charge on any atom is -0.348 e. The number of H-pyrrole nitrogens is 1. The van der Waals surface area contributed by atoms with Gasteiger partial charge in [0, 0.05) is 5.69 Å². The minimum absolute atomic E-state index is 0.179. The molecule has 1 aromatic heterocycles. The van der Waals surface area contributed by atoms with E-state index in [2.05, 4.69) is 79.3 Å². The highest BCUT2D eigenvalue weighted by atomic mass is 14.9. The van der Waals surface area contributed by atoms with E-state index in [9.17, 15) is 0 Å². The Morgan fingerprint density at radius 1 is 0.810 bits per heavy atom. The van der Waals surface area contributed by atoms with Crippen molar-refractivity contribution in [3.8, 4) is 0 Å². The summed E-state index contributed by atoms with van der Waals surface area (Å²) in [6.07, 6.45) is 1.79. The van der Waals surface area contributed by atoms with Gasteiger partial charge in [0.05, 0.1) is 17.9 Å². The molecular weight excluding hydrogens is 256 g/mol. The van der Waals surface area contributed by atoms with E-state index in [4.69, 9.17) is 0 Å². The molecule has 3 aromatic rings. The van der Waals surface area contributed by atoms with Crippen LogP contribution in [0, 0.1) is 20.8 Å². The number of imidazole rings is 1. The molecule has 2 nitrogen and oxygen atoms in total. The Bertz CT molecular complexity index is 710. The molecule has 1 N–H and O–H groups in total. The van der Waals surface area contributed by atoms with Crippen molar-refractivity contribution in [2.75, 3.05) is 0 Å². The summed E-state index contributed by atoms with van der Waals surface area (Å²) in [5.74, 6) is 0.179. The maximum absolute atomic E-state index is 4.60. The van der Waals surface area contributed by atoms with E-state index in [1.54, 1.807) is 6.33 Å². The SMILES string of the molecule is Cc1ccccc1C(c1ccccc1C)c1nc[nH]c1C. The van der Waals surface area contributed by atoms with Gasteiger partial charge in [-0.3, -0.25) is 0 Å². The summed E-state index contributed by atoms with van der Waals surface area (Å²) in [4.78, 5) is 7.81. The van der Waals surface area contributed by atoms with Crippen molar-refractivity contribution in [2.45, 2.75) is 26.7 Å². The summed E-state index contributed by atoms with van der Waals surface area (Å²) in [5.41, 5.74) is 7.48. The third-order valence-electron chi connectivity index (χ3n) is 4.14. The molecule has 0 atom stereocenters. The molecule has 0 aliphatic rings. The van der Waals surface area contributed by atoms with E-state index in [0.29, 0.717) is 0 Å². The van der Waals surface area contributed by atoms with Crippen molar-refractivity contribution in [1.29, 1.82) is 0 Å². The van der Waals surface area contributed by atoms with Gasteiger partial charge < -0.3 is 4.98 Å². The third kappa shape index (κ3) is 2.49. The van der Waals surface area contributed by atoms with E-state index < -0.39 is 0 Å².